The van der Waals surface area contributed by atoms with E-state index in [-0.39, 0.29) is 24.2 Å². The van der Waals surface area contributed by atoms with Crippen molar-refractivity contribution in [2.75, 3.05) is 6.54 Å². The fourth-order valence-corrected chi connectivity index (χ4v) is 7.71. The van der Waals surface area contributed by atoms with E-state index in [4.69, 9.17) is 0 Å². The first-order valence-electron chi connectivity index (χ1n) is 12.1. The van der Waals surface area contributed by atoms with Gasteiger partial charge in [-0.05, 0) is 61.8 Å². The topological polar surface area (TPSA) is 26.8 Å². The summed E-state index contributed by atoms with van der Waals surface area (Å²) in [5.41, 5.74) is 2.37. The van der Waals surface area contributed by atoms with Crippen molar-refractivity contribution in [1.29, 1.82) is 0 Å². The molecule has 0 aromatic heterocycles. The number of fused-ring (bicyclic) bond motifs is 7. The predicted octanol–water partition coefficient (Wildman–Crippen LogP) is 5.33. The maximum absolute atomic E-state index is 15.1. The van der Waals surface area contributed by atoms with Gasteiger partial charge in [0.1, 0.15) is 12.2 Å². The smallest absolute Gasteiger partial charge is 0.242 e. The molecule has 2 aromatic carbocycles. The van der Waals surface area contributed by atoms with Crippen molar-refractivity contribution in [3.8, 4) is 0 Å². The molecule has 1 amide bonds. The zero-order valence-corrected chi connectivity index (χ0v) is 19.8. The van der Waals surface area contributed by atoms with Gasteiger partial charge in [0.2, 0.25) is 5.91 Å². The Morgan fingerprint density at radius 3 is 2.73 bits per heavy atom. The lowest BCUT2D eigenvalue weighted by Crippen LogP contribution is -2.70. The van der Waals surface area contributed by atoms with Crippen molar-refractivity contribution < 1.29 is 13.6 Å². The average molecular weight is 470 g/mol. The Labute approximate surface area is 197 Å². The lowest BCUT2D eigenvalue weighted by atomic mass is 9.91. The third kappa shape index (κ3) is 3.12. The molecule has 4 aliphatic rings. The number of carbonyl (C=O) groups is 1. The number of hydrogen-bond acceptors (Lipinski definition) is 4. The van der Waals surface area contributed by atoms with Gasteiger partial charge in [-0.2, -0.15) is 0 Å². The van der Waals surface area contributed by atoms with Crippen LogP contribution in [0.2, 0.25) is 0 Å². The van der Waals surface area contributed by atoms with Crippen LogP contribution in [0.1, 0.15) is 62.3 Å². The molecule has 5 atom stereocenters. The number of carbonyl (C=O) groups excluding carboxylic acids is 1. The van der Waals surface area contributed by atoms with Crippen LogP contribution in [0.3, 0.4) is 0 Å². The average Bonchev–Trinajstić information content (AvgIpc) is 3.39. The number of rotatable bonds is 3. The summed E-state index contributed by atoms with van der Waals surface area (Å²) in [6, 6.07) is 11.0. The number of halogens is 2. The minimum absolute atomic E-state index is 0.0406. The van der Waals surface area contributed by atoms with Crippen LogP contribution in [0.5, 0.6) is 0 Å². The van der Waals surface area contributed by atoms with Crippen LogP contribution in [-0.2, 0) is 10.5 Å². The lowest BCUT2D eigenvalue weighted by molar-refractivity contribution is -0.212. The number of thioether (sulfide) groups is 1. The van der Waals surface area contributed by atoms with Gasteiger partial charge in [-0.15, -0.1) is 11.8 Å². The van der Waals surface area contributed by atoms with Gasteiger partial charge in [0.25, 0.3) is 0 Å². The minimum atomic E-state index is -0.798. The Morgan fingerprint density at radius 1 is 1.09 bits per heavy atom. The maximum atomic E-state index is 15.1. The molecule has 1 saturated carbocycles. The Morgan fingerprint density at radius 2 is 1.91 bits per heavy atom. The zero-order valence-electron chi connectivity index (χ0n) is 19.0. The molecular weight excluding hydrogens is 440 g/mol. The summed E-state index contributed by atoms with van der Waals surface area (Å²) in [6.45, 7) is 4.87. The molecule has 33 heavy (non-hydrogen) atoms. The van der Waals surface area contributed by atoms with Crippen molar-refractivity contribution in [3.63, 3.8) is 0 Å². The van der Waals surface area contributed by atoms with Crippen LogP contribution in [-0.4, -0.2) is 45.6 Å². The summed E-state index contributed by atoms with van der Waals surface area (Å²) >= 11 is 1.57. The molecule has 4 nitrogen and oxygen atoms in total. The van der Waals surface area contributed by atoms with Crippen LogP contribution in [0, 0.1) is 17.6 Å². The molecule has 174 valence electrons. The summed E-state index contributed by atoms with van der Waals surface area (Å²) in [7, 11) is 0. The van der Waals surface area contributed by atoms with Crippen molar-refractivity contribution in [3.05, 3.63) is 64.7 Å². The van der Waals surface area contributed by atoms with Gasteiger partial charge >= 0.3 is 0 Å². The van der Waals surface area contributed by atoms with Crippen LogP contribution in [0.15, 0.2) is 41.3 Å². The summed E-state index contributed by atoms with van der Waals surface area (Å²) in [6.07, 6.45) is 4.07. The minimum Gasteiger partial charge on any atom is -0.321 e. The van der Waals surface area contributed by atoms with Crippen molar-refractivity contribution >= 4 is 17.7 Å². The zero-order chi connectivity index (χ0) is 22.9. The van der Waals surface area contributed by atoms with E-state index in [9.17, 15) is 9.18 Å². The largest absolute Gasteiger partial charge is 0.321 e. The van der Waals surface area contributed by atoms with Crippen LogP contribution >= 0.6 is 11.8 Å². The number of piperidine rings is 1. The molecule has 3 aliphatic heterocycles. The SMILES string of the molecule is CCCN1C(C)C(=O)N2[C@H]3CC[C@H](C3)[C@@H]2N1C1c2ccccc2SCc2c1ccc(F)c2F. The molecule has 3 fully saturated rings. The van der Waals surface area contributed by atoms with E-state index in [0.717, 1.165) is 48.3 Å². The third-order valence-electron chi connectivity index (χ3n) is 8.00. The fourth-order valence-electron chi connectivity index (χ4n) is 6.60. The number of benzene rings is 2. The van der Waals surface area contributed by atoms with Gasteiger partial charge in [-0.25, -0.2) is 18.8 Å². The van der Waals surface area contributed by atoms with Gasteiger partial charge in [0, 0.05) is 28.8 Å². The summed E-state index contributed by atoms with van der Waals surface area (Å²) in [5.74, 6) is -0.538. The molecule has 0 N–H and O–H groups in total. The first-order valence-corrected chi connectivity index (χ1v) is 13.0. The second-order valence-electron chi connectivity index (χ2n) is 9.76. The van der Waals surface area contributed by atoms with E-state index < -0.39 is 11.6 Å². The first-order chi connectivity index (χ1) is 16.0. The van der Waals surface area contributed by atoms with Crippen LogP contribution in [0.25, 0.3) is 0 Å². The number of hydrogen-bond donors (Lipinski definition) is 0. The van der Waals surface area contributed by atoms with Crippen LogP contribution in [0.4, 0.5) is 8.78 Å². The second-order valence-corrected chi connectivity index (χ2v) is 10.8. The van der Waals surface area contributed by atoms with Crippen molar-refractivity contribution in [2.24, 2.45) is 5.92 Å². The molecule has 2 aromatic rings. The van der Waals surface area contributed by atoms with E-state index >= 15 is 4.39 Å². The highest BCUT2D eigenvalue weighted by atomic mass is 32.2. The Balaban J connectivity index is 1.59. The van der Waals surface area contributed by atoms with Gasteiger partial charge in [-0.1, -0.05) is 31.2 Å². The van der Waals surface area contributed by atoms with E-state index in [1.165, 1.54) is 6.07 Å². The number of hydrazine groups is 1. The normalized spacial score (nSPS) is 31.3. The van der Waals surface area contributed by atoms with Gasteiger partial charge < -0.3 is 4.90 Å². The van der Waals surface area contributed by atoms with E-state index in [1.807, 2.05) is 19.1 Å². The maximum Gasteiger partial charge on any atom is 0.242 e. The number of amides is 1. The molecule has 0 radical (unpaired) electrons. The molecule has 0 spiro atoms. The Hall–Kier alpha value is -1.96. The Kier molecular flexibility index (Phi) is 5.27. The fraction of sp³-hybridized carbons (Fsp3) is 0.500. The molecule has 7 heteroatoms. The highest BCUT2D eigenvalue weighted by Crippen LogP contribution is 2.52. The van der Waals surface area contributed by atoms with Crippen molar-refractivity contribution in [1.82, 2.24) is 14.9 Å². The van der Waals surface area contributed by atoms with Crippen molar-refractivity contribution in [2.45, 2.75) is 74.5 Å². The summed E-state index contributed by atoms with van der Waals surface area (Å²) in [4.78, 5) is 16.7. The van der Waals surface area contributed by atoms with Gasteiger partial charge in [0.15, 0.2) is 11.6 Å². The molecule has 2 bridgehead atoms. The first kappa shape index (κ1) is 21.6. The number of nitrogens with zero attached hydrogens (tertiary/aromatic N) is 3. The highest BCUT2D eigenvalue weighted by molar-refractivity contribution is 7.98. The highest BCUT2D eigenvalue weighted by Gasteiger charge is 2.58. The quantitative estimate of drug-likeness (QED) is 0.607. The summed E-state index contributed by atoms with van der Waals surface area (Å²) < 4.78 is 29.5. The molecule has 6 rings (SSSR count). The third-order valence-corrected chi connectivity index (χ3v) is 9.12. The molecular formula is C26H29F2N3OS. The molecule has 1 aliphatic carbocycles. The molecule has 3 heterocycles. The van der Waals surface area contributed by atoms with E-state index in [0.29, 0.717) is 23.3 Å². The Bertz CT molecular complexity index is 1110. The van der Waals surface area contributed by atoms with Crippen LogP contribution < -0.4 is 0 Å². The van der Waals surface area contributed by atoms with Gasteiger partial charge in [0.05, 0.1) is 6.04 Å². The van der Waals surface area contributed by atoms with Gasteiger partial charge in [-0.3, -0.25) is 4.79 Å². The van der Waals surface area contributed by atoms with E-state index in [2.05, 4.69) is 34.0 Å². The molecule has 2 unspecified atom stereocenters. The van der Waals surface area contributed by atoms with E-state index in [1.54, 1.807) is 17.8 Å². The monoisotopic (exact) mass is 469 g/mol. The summed E-state index contributed by atoms with van der Waals surface area (Å²) in [5, 5.41) is 4.62. The standard InChI is InChI=1S/C26H29F2N3OS/c1-3-12-29-15(2)26(32)30-17-9-8-16(13-17)25(30)31(29)24-18-10-11-21(27)23(28)20(18)14-33-22-7-5-4-6-19(22)24/h4-7,10-11,15-17,24-25H,3,8-9,12-14H2,1-2H3/t15?,16-,17+,24?,25+/m1/s1. The molecule has 2 saturated heterocycles. The predicted molar refractivity (Wildman–Crippen MR) is 124 cm³/mol. The lowest BCUT2D eigenvalue weighted by Gasteiger charge is -2.56. The second kappa shape index (κ2) is 8.07.